The topological polar surface area (TPSA) is 62.7 Å². The Morgan fingerprint density at radius 2 is 1.83 bits per heavy atom. The largest absolute Gasteiger partial charge is 0.395 e. The number of halogens is 1. The molecule has 0 bridgehead atoms. The lowest BCUT2D eigenvalue weighted by Crippen LogP contribution is -2.13. The van der Waals surface area contributed by atoms with Gasteiger partial charge in [-0.3, -0.25) is 4.79 Å². The Hall–Kier alpha value is -2.60. The number of amides is 1. The quantitative estimate of drug-likeness (QED) is 0.364. The zero-order valence-electron chi connectivity index (χ0n) is 16.0. The molecule has 5 rings (SSSR count). The first kappa shape index (κ1) is 18.4. The molecule has 0 atom stereocenters. The summed E-state index contributed by atoms with van der Waals surface area (Å²) in [6.45, 7) is 0.604. The third-order valence-corrected chi connectivity index (χ3v) is 6.40. The van der Waals surface area contributed by atoms with Crippen molar-refractivity contribution in [1.29, 1.82) is 0 Å². The zero-order chi connectivity index (χ0) is 19.8. The first-order valence-corrected chi connectivity index (χ1v) is 10.9. The molecule has 0 spiro atoms. The van der Waals surface area contributed by atoms with Gasteiger partial charge in [-0.1, -0.05) is 65.0 Å². The maximum Gasteiger partial charge on any atom is 0.258 e. The van der Waals surface area contributed by atoms with E-state index in [-0.39, 0.29) is 5.91 Å². The molecule has 6 heteroatoms. The monoisotopic (exact) mass is 451 g/mol. The average molecular weight is 452 g/mol. The molecule has 5 nitrogen and oxygen atoms in total. The molecule has 0 aromatic heterocycles. The summed E-state index contributed by atoms with van der Waals surface area (Å²) in [5.41, 5.74) is 5.52. The van der Waals surface area contributed by atoms with E-state index in [1.54, 1.807) is 0 Å². The van der Waals surface area contributed by atoms with Crippen LogP contribution in [-0.2, 0) is 9.63 Å². The fourth-order valence-electron chi connectivity index (χ4n) is 4.42. The van der Waals surface area contributed by atoms with Crippen LogP contribution in [0, 0.1) is 5.92 Å². The van der Waals surface area contributed by atoms with E-state index in [1.165, 1.54) is 25.7 Å². The maximum atomic E-state index is 12.8. The van der Waals surface area contributed by atoms with E-state index in [0.717, 1.165) is 39.3 Å². The molecule has 29 heavy (non-hydrogen) atoms. The molecule has 1 aliphatic carbocycles. The van der Waals surface area contributed by atoms with Crippen molar-refractivity contribution in [3.8, 4) is 0 Å². The molecule has 0 unspecified atom stereocenters. The predicted molar refractivity (Wildman–Crippen MR) is 119 cm³/mol. The number of nitrogens with zero attached hydrogens (tertiary/aromatic N) is 1. The second-order valence-corrected chi connectivity index (χ2v) is 8.69. The highest BCUT2D eigenvalue weighted by atomic mass is 79.9. The standard InChI is InChI=1S/C23H22BrN3O2/c24-15-9-10-19-17(13-15)20(23(28)26-19)22-21(16-7-3-4-8-18(16)25-22)27-29-12-11-14-5-1-2-6-14/h3-4,7-10,13-14,25H,1-2,5-6,11-12H2,(H,26,28)/b22-20-,27-21+. The van der Waals surface area contributed by atoms with Crippen LogP contribution >= 0.6 is 15.9 Å². The van der Waals surface area contributed by atoms with Crippen LogP contribution in [-0.4, -0.2) is 18.2 Å². The maximum absolute atomic E-state index is 12.8. The summed E-state index contributed by atoms with van der Waals surface area (Å²) in [4.78, 5) is 18.6. The molecule has 2 N–H and O–H groups in total. The lowest BCUT2D eigenvalue weighted by molar-refractivity contribution is -0.110. The fraction of sp³-hybridized carbons (Fsp3) is 0.304. The highest BCUT2D eigenvalue weighted by Gasteiger charge is 2.34. The Kier molecular flexibility index (Phi) is 4.87. The number of benzene rings is 2. The molecule has 148 valence electrons. The highest BCUT2D eigenvalue weighted by Crippen LogP contribution is 2.40. The normalized spacial score (nSPS) is 21.8. The molecule has 1 amide bonds. The van der Waals surface area contributed by atoms with Gasteiger partial charge in [0.05, 0.1) is 11.3 Å². The number of para-hydroxylation sites is 1. The molecule has 1 fully saturated rings. The summed E-state index contributed by atoms with van der Waals surface area (Å²) < 4.78 is 0.924. The van der Waals surface area contributed by atoms with Crippen molar-refractivity contribution in [2.45, 2.75) is 32.1 Å². The number of allylic oxidation sites excluding steroid dienone is 1. The van der Waals surface area contributed by atoms with Crippen LogP contribution in [0.4, 0.5) is 11.4 Å². The van der Waals surface area contributed by atoms with E-state index >= 15 is 0 Å². The summed E-state index contributed by atoms with van der Waals surface area (Å²) in [6.07, 6.45) is 6.29. The van der Waals surface area contributed by atoms with Crippen LogP contribution in [0.3, 0.4) is 0 Å². The van der Waals surface area contributed by atoms with Crippen molar-refractivity contribution in [3.63, 3.8) is 0 Å². The van der Waals surface area contributed by atoms with Gasteiger partial charge in [0, 0.05) is 27.0 Å². The lowest BCUT2D eigenvalue weighted by Gasteiger charge is -2.09. The minimum atomic E-state index is -0.132. The number of rotatable bonds is 4. The Morgan fingerprint density at radius 3 is 2.69 bits per heavy atom. The van der Waals surface area contributed by atoms with Crippen LogP contribution in [0.15, 0.2) is 57.8 Å². The van der Waals surface area contributed by atoms with Crippen LogP contribution in [0.1, 0.15) is 43.2 Å². The van der Waals surface area contributed by atoms with E-state index in [1.807, 2.05) is 42.5 Å². The summed E-state index contributed by atoms with van der Waals surface area (Å²) in [6, 6.07) is 13.7. The number of carbonyl (C=O) groups excluding carboxylic acids is 1. The Bertz CT molecular complexity index is 1040. The number of fused-ring (bicyclic) bond motifs is 2. The van der Waals surface area contributed by atoms with Crippen molar-refractivity contribution in [2.75, 3.05) is 17.2 Å². The van der Waals surface area contributed by atoms with Gasteiger partial charge in [-0.05, 0) is 36.6 Å². The Balaban J connectivity index is 1.50. The smallest absolute Gasteiger partial charge is 0.258 e. The number of hydrogen-bond acceptors (Lipinski definition) is 4. The fourth-order valence-corrected chi connectivity index (χ4v) is 4.78. The average Bonchev–Trinajstić information content (AvgIpc) is 3.42. The van der Waals surface area contributed by atoms with Crippen LogP contribution < -0.4 is 10.6 Å². The minimum Gasteiger partial charge on any atom is -0.395 e. The van der Waals surface area contributed by atoms with Gasteiger partial charge in [-0.25, -0.2) is 0 Å². The van der Waals surface area contributed by atoms with Crippen molar-refractivity contribution in [1.82, 2.24) is 0 Å². The number of anilines is 2. The van der Waals surface area contributed by atoms with Gasteiger partial charge in [0.1, 0.15) is 12.3 Å². The van der Waals surface area contributed by atoms with Gasteiger partial charge >= 0.3 is 0 Å². The van der Waals surface area contributed by atoms with Crippen LogP contribution in [0.2, 0.25) is 0 Å². The summed E-state index contributed by atoms with van der Waals surface area (Å²) >= 11 is 3.51. The van der Waals surface area contributed by atoms with Crippen LogP contribution in [0.5, 0.6) is 0 Å². The first-order valence-electron chi connectivity index (χ1n) is 10.1. The second kappa shape index (κ2) is 7.67. The third-order valence-electron chi connectivity index (χ3n) is 5.90. The molecule has 2 aromatic rings. The van der Waals surface area contributed by atoms with Crippen LogP contribution in [0.25, 0.3) is 5.57 Å². The number of carbonyl (C=O) groups is 1. The van der Waals surface area contributed by atoms with Gasteiger partial charge < -0.3 is 15.5 Å². The SMILES string of the molecule is O=C1Nc2ccc(Br)cc2/C1=C1/Nc2ccccc2/C1=N\OCCC1CCCC1. The van der Waals surface area contributed by atoms with Gasteiger partial charge in [0.25, 0.3) is 5.91 Å². The summed E-state index contributed by atoms with van der Waals surface area (Å²) in [7, 11) is 0. The molecule has 0 saturated heterocycles. The van der Waals surface area contributed by atoms with Crippen molar-refractivity contribution in [2.24, 2.45) is 11.1 Å². The van der Waals surface area contributed by atoms with E-state index in [0.29, 0.717) is 23.6 Å². The molecule has 2 aliphatic heterocycles. The van der Waals surface area contributed by atoms with Crippen molar-refractivity contribution >= 4 is 44.5 Å². The molecule has 0 radical (unpaired) electrons. The van der Waals surface area contributed by atoms with E-state index in [4.69, 9.17) is 4.84 Å². The first-order chi connectivity index (χ1) is 14.2. The predicted octanol–water partition coefficient (Wildman–Crippen LogP) is 5.54. The molecule has 2 heterocycles. The highest BCUT2D eigenvalue weighted by molar-refractivity contribution is 9.10. The lowest BCUT2D eigenvalue weighted by atomic mass is 10.0. The van der Waals surface area contributed by atoms with Crippen molar-refractivity contribution in [3.05, 3.63) is 63.8 Å². The third kappa shape index (κ3) is 3.46. The molecule has 3 aliphatic rings. The number of nitrogens with one attached hydrogen (secondary N) is 2. The van der Waals surface area contributed by atoms with Gasteiger partial charge in [0.15, 0.2) is 0 Å². The molecular weight excluding hydrogens is 430 g/mol. The molecule has 1 saturated carbocycles. The number of oxime groups is 1. The van der Waals surface area contributed by atoms with E-state index < -0.39 is 0 Å². The van der Waals surface area contributed by atoms with Gasteiger partial charge in [0.2, 0.25) is 0 Å². The van der Waals surface area contributed by atoms with E-state index in [2.05, 4.69) is 31.7 Å². The van der Waals surface area contributed by atoms with Crippen molar-refractivity contribution < 1.29 is 9.63 Å². The zero-order valence-corrected chi connectivity index (χ0v) is 17.6. The molecule has 2 aromatic carbocycles. The van der Waals surface area contributed by atoms with E-state index in [9.17, 15) is 4.79 Å². The second-order valence-electron chi connectivity index (χ2n) is 7.78. The minimum absolute atomic E-state index is 0.132. The number of hydrogen-bond donors (Lipinski definition) is 2. The summed E-state index contributed by atoms with van der Waals surface area (Å²) in [5.74, 6) is 0.624. The van der Waals surface area contributed by atoms with Gasteiger partial charge in [-0.2, -0.15) is 0 Å². The molecular formula is C23H22BrN3O2. The summed E-state index contributed by atoms with van der Waals surface area (Å²) in [5, 5.41) is 10.8. The van der Waals surface area contributed by atoms with Gasteiger partial charge in [-0.15, -0.1) is 0 Å². The Labute approximate surface area is 178 Å². The Morgan fingerprint density at radius 1 is 1.03 bits per heavy atom.